The van der Waals surface area contributed by atoms with E-state index in [1.165, 1.54) is 111 Å². The van der Waals surface area contributed by atoms with Crippen molar-refractivity contribution in [1.82, 2.24) is 0 Å². The fourth-order valence-corrected chi connectivity index (χ4v) is 12.9. The first kappa shape index (κ1) is 42.3. The zero-order chi connectivity index (χ0) is 46.1. The van der Waals surface area contributed by atoms with E-state index in [4.69, 9.17) is 0 Å². The monoisotopic (exact) mass is 874 g/mol. The molecule has 3 heterocycles. The predicted octanol–water partition coefficient (Wildman–Crippen LogP) is 18.5. The number of nitrogens with zero attached hydrogens (tertiary/aromatic N) is 3. The van der Waals surface area contributed by atoms with Crippen LogP contribution in [0.5, 0.6) is 0 Å². The van der Waals surface area contributed by atoms with E-state index in [9.17, 15) is 0 Å². The topological polar surface area (TPSA) is 9.72 Å². The number of fused-ring (bicyclic) bond motifs is 11. The molecule has 332 valence electrons. The molecule has 0 saturated carbocycles. The summed E-state index contributed by atoms with van der Waals surface area (Å²) < 4.78 is 1.33. The van der Waals surface area contributed by atoms with Gasteiger partial charge in [0.15, 0.2) is 0 Å². The summed E-state index contributed by atoms with van der Waals surface area (Å²) in [4.78, 5) is 8.06. The summed E-state index contributed by atoms with van der Waals surface area (Å²) in [6.07, 6.45) is 2.26. The maximum Gasteiger partial charge on any atom is 0.126 e. The van der Waals surface area contributed by atoms with Crippen LogP contribution in [0.15, 0.2) is 109 Å². The van der Waals surface area contributed by atoms with E-state index in [0.717, 1.165) is 12.8 Å². The molecule has 0 N–H and O–H groups in total. The fraction of sp³-hybridized carbons (Fsp3) is 0.377. The highest BCUT2D eigenvalue weighted by Gasteiger charge is 2.49. The number of benzene rings is 6. The Morgan fingerprint density at radius 1 is 0.446 bits per heavy atom. The third-order valence-corrected chi connectivity index (χ3v) is 16.9. The van der Waals surface area contributed by atoms with Gasteiger partial charge in [0.1, 0.15) is 5.00 Å². The summed E-state index contributed by atoms with van der Waals surface area (Å²) in [5.74, 6) is 0. The molecule has 0 unspecified atom stereocenters. The Bertz CT molecular complexity index is 3120. The molecular weight excluding hydrogens is 807 g/mol. The second-order valence-electron chi connectivity index (χ2n) is 24.7. The minimum absolute atomic E-state index is 0.0335. The Labute approximate surface area is 393 Å². The zero-order valence-electron chi connectivity index (χ0n) is 41.6. The van der Waals surface area contributed by atoms with Crippen LogP contribution in [0.25, 0.3) is 21.2 Å². The minimum Gasteiger partial charge on any atom is -0.306 e. The first-order chi connectivity index (χ1) is 30.4. The molecule has 2 aliphatic heterocycles. The molecule has 3 nitrogen and oxygen atoms in total. The van der Waals surface area contributed by atoms with Gasteiger partial charge in [-0.25, -0.2) is 0 Å². The molecule has 0 bridgehead atoms. The quantitative estimate of drug-likeness (QED) is 0.171. The van der Waals surface area contributed by atoms with Crippen molar-refractivity contribution in [2.45, 2.75) is 149 Å². The minimum atomic E-state index is -0.0954. The van der Waals surface area contributed by atoms with Crippen LogP contribution in [0.2, 0.25) is 0 Å². The van der Waals surface area contributed by atoms with Gasteiger partial charge in [0.05, 0.1) is 34.1 Å². The molecule has 7 aromatic rings. The van der Waals surface area contributed by atoms with Crippen molar-refractivity contribution < 1.29 is 0 Å². The van der Waals surface area contributed by atoms with Crippen LogP contribution in [0, 0.1) is 0 Å². The van der Waals surface area contributed by atoms with Crippen LogP contribution in [0.1, 0.15) is 156 Å². The first-order valence-electron chi connectivity index (χ1n) is 24.1. The highest BCUT2D eigenvalue weighted by Crippen LogP contribution is 2.70. The lowest BCUT2D eigenvalue weighted by Gasteiger charge is -2.51. The van der Waals surface area contributed by atoms with Crippen molar-refractivity contribution in [1.29, 1.82) is 0 Å². The van der Waals surface area contributed by atoms with E-state index in [-0.39, 0.29) is 32.5 Å². The van der Waals surface area contributed by atoms with Crippen molar-refractivity contribution in [3.05, 3.63) is 148 Å². The molecule has 0 radical (unpaired) electrons. The molecule has 4 heteroatoms. The van der Waals surface area contributed by atoms with Gasteiger partial charge in [-0.3, -0.25) is 4.90 Å². The van der Waals surface area contributed by atoms with E-state index >= 15 is 0 Å². The molecule has 0 amide bonds. The van der Waals surface area contributed by atoms with Crippen molar-refractivity contribution >= 4 is 71.9 Å². The van der Waals surface area contributed by atoms with Crippen molar-refractivity contribution in [3.63, 3.8) is 0 Å². The molecular formula is C61H67N3S. The van der Waals surface area contributed by atoms with E-state index in [1.807, 2.05) is 11.3 Å². The number of thiophene rings is 1. The Balaban J connectivity index is 1.31. The van der Waals surface area contributed by atoms with Crippen LogP contribution in [0.3, 0.4) is 0 Å². The van der Waals surface area contributed by atoms with Crippen LogP contribution in [-0.4, -0.2) is 0 Å². The lowest BCUT2D eigenvalue weighted by atomic mass is 9.62. The lowest BCUT2D eigenvalue weighted by Crippen LogP contribution is -2.39. The van der Waals surface area contributed by atoms with Crippen molar-refractivity contribution in [2.75, 3.05) is 14.7 Å². The Morgan fingerprint density at radius 2 is 1.00 bits per heavy atom. The van der Waals surface area contributed by atoms with Gasteiger partial charge in [-0.15, -0.1) is 11.3 Å². The molecule has 4 aliphatic rings. The normalized spacial score (nSPS) is 17.6. The second-order valence-corrected chi connectivity index (χ2v) is 25.7. The average Bonchev–Trinajstić information content (AvgIpc) is 3.71. The molecule has 0 fully saturated rings. The number of anilines is 9. The van der Waals surface area contributed by atoms with E-state index < -0.39 is 0 Å². The smallest absolute Gasteiger partial charge is 0.126 e. The SMILES string of the molecule is CC(C)(C)c1ccc(N2c3ccc(C(C)(C)C)cc3N3c4sc5cc6c(cc5c4N(c4ccc(C(C)(C)C)cc4)c4cc5c(c2c43)C(C)(C)CCC5(C)C)-c2ccccc2C6(C)C)cc1. The highest BCUT2D eigenvalue weighted by atomic mass is 32.1. The van der Waals surface area contributed by atoms with Crippen LogP contribution < -0.4 is 14.7 Å². The maximum atomic E-state index is 2.72. The summed E-state index contributed by atoms with van der Waals surface area (Å²) in [6, 6.07) is 43.3. The standard InChI is InChI=1S/C61H67N3S/c1-56(2,3)36-20-25-39(26-21-36)62-47-29-24-38(58(7,8)9)32-48(47)64-53-49(34-46-51(54(53)62)60(12,13)31-30-59(46,10)11)63(40-27-22-37(23-28-40)57(4,5)6)52-43-33-42-41-18-16-17-19-44(41)61(14,15)45(42)35-50(43)65-55(52)64/h16-29,32-35H,30-31H2,1-15H3. The third kappa shape index (κ3) is 6.11. The van der Waals surface area contributed by atoms with E-state index in [1.54, 1.807) is 0 Å². The largest absolute Gasteiger partial charge is 0.306 e. The lowest BCUT2D eigenvalue weighted by molar-refractivity contribution is 0.332. The summed E-state index contributed by atoms with van der Waals surface area (Å²) >= 11 is 1.97. The molecule has 6 aromatic carbocycles. The van der Waals surface area contributed by atoms with Crippen LogP contribution >= 0.6 is 11.3 Å². The van der Waals surface area contributed by atoms with Gasteiger partial charge in [0.25, 0.3) is 0 Å². The highest BCUT2D eigenvalue weighted by molar-refractivity contribution is 7.24. The maximum absolute atomic E-state index is 2.72. The van der Waals surface area contributed by atoms with E-state index in [0.29, 0.717) is 0 Å². The van der Waals surface area contributed by atoms with Gasteiger partial charge in [-0.2, -0.15) is 0 Å². The Morgan fingerprint density at radius 3 is 1.60 bits per heavy atom. The fourth-order valence-electron chi connectivity index (χ4n) is 11.7. The van der Waals surface area contributed by atoms with Gasteiger partial charge in [-0.1, -0.05) is 158 Å². The predicted molar refractivity (Wildman–Crippen MR) is 282 cm³/mol. The van der Waals surface area contributed by atoms with Crippen LogP contribution in [0.4, 0.5) is 50.5 Å². The first-order valence-corrected chi connectivity index (χ1v) is 24.9. The van der Waals surface area contributed by atoms with Crippen LogP contribution in [-0.2, 0) is 32.5 Å². The van der Waals surface area contributed by atoms with Gasteiger partial charge < -0.3 is 9.80 Å². The molecule has 0 saturated heterocycles. The third-order valence-electron chi connectivity index (χ3n) is 15.8. The van der Waals surface area contributed by atoms with Gasteiger partial charge in [0.2, 0.25) is 0 Å². The Hall–Kier alpha value is -5.32. The van der Waals surface area contributed by atoms with Crippen molar-refractivity contribution in [3.8, 4) is 11.1 Å². The van der Waals surface area contributed by atoms with Gasteiger partial charge >= 0.3 is 0 Å². The van der Waals surface area contributed by atoms with Gasteiger partial charge in [-0.05, 0) is 145 Å². The van der Waals surface area contributed by atoms with Gasteiger partial charge in [0, 0.05) is 26.9 Å². The number of hydrogen-bond acceptors (Lipinski definition) is 4. The number of hydrogen-bond donors (Lipinski definition) is 0. The molecule has 11 rings (SSSR count). The Kier molecular flexibility index (Phi) is 8.73. The van der Waals surface area contributed by atoms with Crippen molar-refractivity contribution in [2.24, 2.45) is 0 Å². The molecule has 0 atom stereocenters. The zero-order valence-corrected chi connectivity index (χ0v) is 42.4. The molecule has 0 spiro atoms. The number of rotatable bonds is 2. The molecule has 65 heavy (non-hydrogen) atoms. The summed E-state index contributed by atoms with van der Waals surface area (Å²) in [7, 11) is 0. The molecule has 1 aromatic heterocycles. The summed E-state index contributed by atoms with van der Waals surface area (Å²) in [5, 5.41) is 2.60. The summed E-state index contributed by atoms with van der Waals surface area (Å²) in [6.45, 7) is 35.8. The molecule has 2 aliphatic carbocycles. The average molecular weight is 874 g/mol. The summed E-state index contributed by atoms with van der Waals surface area (Å²) in [5.41, 5.74) is 22.4. The van der Waals surface area contributed by atoms with E-state index in [2.05, 4.69) is 228 Å². The second kappa shape index (κ2) is 13.4.